The molecule has 24 heavy (non-hydrogen) atoms. The van der Waals surface area contributed by atoms with Crippen LogP contribution in [-0.2, 0) is 9.59 Å². The Hall–Kier alpha value is -3.54. The Labute approximate surface area is 139 Å². The largest absolute Gasteiger partial charge is 0.321 e. The fraction of sp³-hybridized carbons (Fsp3) is 0. The molecule has 0 unspecified atom stereocenters. The minimum absolute atomic E-state index is 0.337. The van der Waals surface area contributed by atoms with Crippen molar-refractivity contribution in [1.82, 2.24) is 0 Å². The zero-order valence-electron chi connectivity index (χ0n) is 12.9. The van der Waals surface area contributed by atoms with Crippen LogP contribution in [0.25, 0.3) is 0 Å². The summed E-state index contributed by atoms with van der Waals surface area (Å²) in [5, 5.41) is 13.6. The number of anilines is 2. The highest BCUT2D eigenvalue weighted by Crippen LogP contribution is 2.30. The molecule has 2 aromatic carbocycles. The summed E-state index contributed by atoms with van der Waals surface area (Å²) in [7, 11) is 0. The van der Waals surface area contributed by atoms with Crippen LogP contribution < -0.4 is 10.6 Å². The third-order valence-corrected chi connectivity index (χ3v) is 2.96. The standard InChI is InChI=1S/C18H16N4O2/c1-3-17(23)19-13-9-5-7-11-15(13)21-22-16-12-8-6-10-14(16)20-18(24)4-2/h3-12H,1-2H2,(H,19,23)(H,20,24). The predicted molar refractivity (Wildman–Crippen MR) is 94.7 cm³/mol. The summed E-state index contributed by atoms with van der Waals surface area (Å²) in [6, 6.07) is 14.0. The van der Waals surface area contributed by atoms with Gasteiger partial charge in [-0.15, -0.1) is 10.2 Å². The van der Waals surface area contributed by atoms with Gasteiger partial charge in [0.05, 0.1) is 11.4 Å². The predicted octanol–water partition coefficient (Wildman–Crippen LogP) is 4.35. The van der Waals surface area contributed by atoms with Gasteiger partial charge in [-0.2, -0.15) is 0 Å². The van der Waals surface area contributed by atoms with Crippen LogP contribution in [0.4, 0.5) is 22.7 Å². The van der Waals surface area contributed by atoms with Gasteiger partial charge < -0.3 is 10.6 Å². The number of rotatable bonds is 6. The summed E-state index contributed by atoms with van der Waals surface area (Å²) in [6.45, 7) is 6.83. The number of azo groups is 1. The van der Waals surface area contributed by atoms with E-state index >= 15 is 0 Å². The molecule has 120 valence electrons. The van der Waals surface area contributed by atoms with Crippen molar-refractivity contribution in [2.45, 2.75) is 0 Å². The second-order valence-electron chi connectivity index (χ2n) is 4.62. The maximum Gasteiger partial charge on any atom is 0.247 e. The number of carbonyl (C=O) groups is 2. The molecule has 2 aromatic rings. The van der Waals surface area contributed by atoms with Crippen molar-refractivity contribution in [3.63, 3.8) is 0 Å². The van der Waals surface area contributed by atoms with Gasteiger partial charge in [0, 0.05) is 0 Å². The van der Waals surface area contributed by atoms with Gasteiger partial charge in [0.25, 0.3) is 0 Å². The van der Waals surface area contributed by atoms with Gasteiger partial charge in [0.1, 0.15) is 11.4 Å². The van der Waals surface area contributed by atoms with Crippen LogP contribution in [0.1, 0.15) is 0 Å². The first-order chi connectivity index (χ1) is 11.6. The van der Waals surface area contributed by atoms with Gasteiger partial charge in [-0.05, 0) is 36.4 Å². The molecule has 0 saturated carbocycles. The Morgan fingerprint density at radius 1 is 0.750 bits per heavy atom. The first-order valence-corrected chi connectivity index (χ1v) is 7.10. The second kappa shape index (κ2) is 8.19. The Morgan fingerprint density at radius 3 is 1.50 bits per heavy atom. The summed E-state index contributed by atoms with van der Waals surface area (Å²) in [5.74, 6) is -0.674. The zero-order valence-corrected chi connectivity index (χ0v) is 12.9. The lowest BCUT2D eigenvalue weighted by Crippen LogP contribution is -2.07. The van der Waals surface area contributed by atoms with Crippen molar-refractivity contribution in [3.05, 3.63) is 73.8 Å². The van der Waals surface area contributed by atoms with Crippen LogP contribution in [0.15, 0.2) is 84.1 Å². The van der Waals surface area contributed by atoms with E-state index in [1.165, 1.54) is 12.2 Å². The van der Waals surface area contributed by atoms with Crippen LogP contribution in [0, 0.1) is 0 Å². The van der Waals surface area contributed by atoms with Crippen molar-refractivity contribution in [2.75, 3.05) is 10.6 Å². The third-order valence-electron chi connectivity index (χ3n) is 2.96. The fourth-order valence-electron chi connectivity index (χ4n) is 1.81. The van der Waals surface area contributed by atoms with E-state index in [-0.39, 0.29) is 11.8 Å². The SMILES string of the molecule is C=CC(=O)Nc1ccccc1N=Nc1ccccc1NC(=O)C=C. The Balaban J connectivity index is 2.29. The Bertz CT molecular complexity index is 745. The molecule has 6 nitrogen and oxygen atoms in total. The maximum absolute atomic E-state index is 11.5. The van der Waals surface area contributed by atoms with Gasteiger partial charge >= 0.3 is 0 Å². The van der Waals surface area contributed by atoms with E-state index < -0.39 is 0 Å². The summed E-state index contributed by atoms with van der Waals surface area (Å²) < 4.78 is 0. The lowest BCUT2D eigenvalue weighted by Gasteiger charge is -2.06. The third kappa shape index (κ3) is 4.48. The summed E-state index contributed by atoms with van der Waals surface area (Å²) in [6.07, 6.45) is 2.35. The number of benzene rings is 2. The quantitative estimate of drug-likeness (QED) is 0.612. The van der Waals surface area contributed by atoms with Gasteiger partial charge in [-0.1, -0.05) is 37.4 Å². The average Bonchev–Trinajstić information content (AvgIpc) is 2.61. The monoisotopic (exact) mass is 320 g/mol. The summed E-state index contributed by atoms with van der Waals surface area (Å²) in [4.78, 5) is 22.9. The van der Waals surface area contributed by atoms with Crippen LogP contribution >= 0.6 is 0 Å². The smallest absolute Gasteiger partial charge is 0.247 e. The number of nitrogens with one attached hydrogen (secondary N) is 2. The van der Waals surface area contributed by atoms with Crippen LogP contribution in [0.3, 0.4) is 0 Å². The molecule has 0 fully saturated rings. The molecule has 0 aliphatic heterocycles. The molecular formula is C18H16N4O2. The summed E-state index contributed by atoms with van der Waals surface area (Å²) in [5.41, 5.74) is 1.99. The van der Waals surface area contributed by atoms with E-state index in [0.717, 1.165) is 0 Å². The second-order valence-corrected chi connectivity index (χ2v) is 4.62. The van der Waals surface area contributed by atoms with Crippen molar-refractivity contribution >= 4 is 34.6 Å². The minimum Gasteiger partial charge on any atom is -0.321 e. The van der Waals surface area contributed by atoms with Gasteiger partial charge in [-0.25, -0.2) is 0 Å². The van der Waals surface area contributed by atoms with Gasteiger partial charge in [-0.3, -0.25) is 9.59 Å². The minimum atomic E-state index is -0.337. The van der Waals surface area contributed by atoms with Crippen LogP contribution in [-0.4, -0.2) is 11.8 Å². The van der Waals surface area contributed by atoms with Crippen molar-refractivity contribution < 1.29 is 9.59 Å². The average molecular weight is 320 g/mol. The molecule has 0 radical (unpaired) electrons. The lowest BCUT2D eigenvalue weighted by atomic mass is 10.2. The van der Waals surface area contributed by atoms with E-state index in [0.29, 0.717) is 22.7 Å². The van der Waals surface area contributed by atoms with E-state index in [2.05, 4.69) is 34.0 Å². The van der Waals surface area contributed by atoms with E-state index in [1.807, 2.05) is 0 Å². The van der Waals surface area contributed by atoms with Crippen LogP contribution in [0.5, 0.6) is 0 Å². The molecule has 2 amide bonds. The number of hydrogen-bond acceptors (Lipinski definition) is 4. The first kappa shape index (κ1) is 16.8. The molecule has 0 aliphatic rings. The van der Waals surface area contributed by atoms with Crippen LogP contribution in [0.2, 0.25) is 0 Å². The molecule has 0 atom stereocenters. The van der Waals surface area contributed by atoms with E-state index in [9.17, 15) is 9.59 Å². The topological polar surface area (TPSA) is 82.9 Å². The molecule has 0 bridgehead atoms. The molecule has 2 N–H and O–H groups in total. The lowest BCUT2D eigenvalue weighted by molar-refractivity contribution is -0.112. The molecule has 6 heteroatoms. The van der Waals surface area contributed by atoms with Crippen molar-refractivity contribution in [1.29, 1.82) is 0 Å². The molecule has 0 aliphatic carbocycles. The Morgan fingerprint density at radius 2 is 1.12 bits per heavy atom. The molecule has 0 saturated heterocycles. The molecule has 0 aromatic heterocycles. The zero-order chi connectivity index (χ0) is 17.4. The Kier molecular flexibility index (Phi) is 5.74. The van der Waals surface area contributed by atoms with Crippen molar-refractivity contribution in [2.24, 2.45) is 10.2 Å². The summed E-state index contributed by atoms with van der Waals surface area (Å²) >= 11 is 0. The number of nitrogens with zero attached hydrogens (tertiary/aromatic N) is 2. The van der Waals surface area contributed by atoms with E-state index in [4.69, 9.17) is 0 Å². The fourth-order valence-corrected chi connectivity index (χ4v) is 1.81. The molecule has 0 heterocycles. The van der Waals surface area contributed by atoms with Gasteiger partial charge in [0.2, 0.25) is 11.8 Å². The highest BCUT2D eigenvalue weighted by molar-refractivity contribution is 6.01. The highest BCUT2D eigenvalue weighted by atomic mass is 16.2. The molecule has 0 spiro atoms. The number of hydrogen-bond donors (Lipinski definition) is 2. The molecule has 2 rings (SSSR count). The normalized spacial score (nSPS) is 10.2. The number of amides is 2. The maximum atomic E-state index is 11.5. The highest BCUT2D eigenvalue weighted by Gasteiger charge is 2.05. The number of para-hydroxylation sites is 2. The van der Waals surface area contributed by atoms with E-state index in [1.54, 1.807) is 48.5 Å². The van der Waals surface area contributed by atoms with Crippen molar-refractivity contribution in [3.8, 4) is 0 Å². The first-order valence-electron chi connectivity index (χ1n) is 7.10. The van der Waals surface area contributed by atoms with Gasteiger partial charge in [0.15, 0.2) is 0 Å². The molecular weight excluding hydrogens is 304 g/mol. The number of carbonyl (C=O) groups excluding carboxylic acids is 2.